The average molecular weight is 229 g/mol. The summed E-state index contributed by atoms with van der Waals surface area (Å²) in [6.07, 6.45) is 0.0541. The van der Waals surface area contributed by atoms with Gasteiger partial charge < -0.3 is 5.32 Å². The van der Waals surface area contributed by atoms with Crippen molar-refractivity contribution in [3.8, 4) is 0 Å². The smallest absolute Gasteiger partial charge is 0.132 e. The molecule has 1 heterocycles. The third-order valence-electron chi connectivity index (χ3n) is 3.06. The second kappa shape index (κ2) is 4.87. The van der Waals surface area contributed by atoms with Crippen molar-refractivity contribution >= 4 is 0 Å². The summed E-state index contributed by atoms with van der Waals surface area (Å²) in [4.78, 5) is 0. The molecule has 0 amide bonds. The van der Waals surface area contributed by atoms with E-state index in [4.69, 9.17) is 0 Å². The minimum absolute atomic E-state index is 0.0201. The lowest BCUT2D eigenvalue weighted by Gasteiger charge is -2.26. The van der Waals surface area contributed by atoms with E-state index in [9.17, 15) is 13.2 Å². The summed E-state index contributed by atoms with van der Waals surface area (Å²) in [5.74, 6) is -1.62. The molecule has 0 bridgehead atoms. The highest BCUT2D eigenvalue weighted by Gasteiger charge is 2.26. The zero-order valence-electron chi connectivity index (χ0n) is 8.85. The minimum Gasteiger partial charge on any atom is -0.317 e. The van der Waals surface area contributed by atoms with Gasteiger partial charge in [-0.15, -0.1) is 0 Å². The molecule has 16 heavy (non-hydrogen) atoms. The zero-order valence-corrected chi connectivity index (χ0v) is 8.85. The molecule has 1 fully saturated rings. The molecule has 0 spiro atoms. The van der Waals surface area contributed by atoms with Gasteiger partial charge in [-0.2, -0.15) is 0 Å². The van der Waals surface area contributed by atoms with Crippen LogP contribution in [0.25, 0.3) is 0 Å². The third kappa shape index (κ3) is 2.38. The summed E-state index contributed by atoms with van der Waals surface area (Å²) in [6, 6.07) is 3.05. The number of hydrogen-bond acceptors (Lipinski definition) is 1. The van der Waals surface area contributed by atoms with Crippen LogP contribution in [-0.2, 0) is 0 Å². The number of nitrogens with one attached hydrogen (secondary N) is 1. The first-order chi connectivity index (χ1) is 7.68. The van der Waals surface area contributed by atoms with Crippen molar-refractivity contribution in [3.05, 3.63) is 35.4 Å². The molecule has 1 aliphatic heterocycles. The van der Waals surface area contributed by atoms with Crippen molar-refractivity contribution < 1.29 is 13.2 Å². The van der Waals surface area contributed by atoms with Crippen LogP contribution in [0.2, 0.25) is 0 Å². The van der Waals surface area contributed by atoms with Crippen LogP contribution < -0.4 is 5.32 Å². The lowest BCUT2D eigenvalue weighted by atomic mass is 9.89. The molecule has 4 heteroatoms. The van der Waals surface area contributed by atoms with Crippen LogP contribution in [-0.4, -0.2) is 13.1 Å². The Hall–Kier alpha value is -1.03. The summed E-state index contributed by atoms with van der Waals surface area (Å²) in [6.45, 7) is 1.52. The predicted molar refractivity (Wildman–Crippen MR) is 55.8 cm³/mol. The van der Waals surface area contributed by atoms with Gasteiger partial charge in [-0.3, -0.25) is 0 Å². The van der Waals surface area contributed by atoms with Gasteiger partial charge >= 0.3 is 0 Å². The number of rotatable bonds is 2. The van der Waals surface area contributed by atoms with Crippen LogP contribution in [0.3, 0.4) is 0 Å². The molecule has 1 aliphatic rings. The normalized spacial score (nSPS) is 19.7. The van der Waals surface area contributed by atoms with Gasteiger partial charge in [0.2, 0.25) is 0 Å². The Morgan fingerprint density at radius 3 is 2.50 bits per heavy atom. The van der Waals surface area contributed by atoms with Crippen molar-refractivity contribution in [2.75, 3.05) is 13.1 Å². The highest BCUT2D eigenvalue weighted by molar-refractivity contribution is 5.21. The van der Waals surface area contributed by atoms with Crippen LogP contribution in [0.1, 0.15) is 24.6 Å². The fraction of sp³-hybridized carbons (Fsp3) is 0.500. The molecule has 1 nitrogen and oxygen atoms in total. The highest BCUT2D eigenvalue weighted by Crippen LogP contribution is 2.33. The van der Waals surface area contributed by atoms with Crippen molar-refractivity contribution in [2.45, 2.75) is 19.0 Å². The van der Waals surface area contributed by atoms with E-state index in [1.807, 2.05) is 0 Å². The molecule has 1 N–H and O–H groups in total. The molecule has 1 atom stereocenters. The molecule has 0 aliphatic carbocycles. The lowest BCUT2D eigenvalue weighted by Crippen LogP contribution is -2.30. The molecule has 0 radical (unpaired) electrons. The summed E-state index contributed by atoms with van der Waals surface area (Å²) in [5, 5.41) is 3.12. The van der Waals surface area contributed by atoms with E-state index in [0.717, 1.165) is 25.2 Å². The molecular weight excluding hydrogens is 215 g/mol. The number of hydrogen-bond donors (Lipinski definition) is 1. The van der Waals surface area contributed by atoms with Gasteiger partial charge in [0.1, 0.15) is 17.8 Å². The lowest BCUT2D eigenvalue weighted by molar-refractivity contribution is 0.185. The first-order valence-electron chi connectivity index (χ1n) is 5.48. The van der Waals surface area contributed by atoms with Crippen molar-refractivity contribution in [3.63, 3.8) is 0 Å². The number of piperidine rings is 1. The standard InChI is InChI=1S/C12H14F3N/c13-9-1-2-10(11(14)7-9)12(15)8-3-5-16-6-4-8/h1-2,7-8,12,16H,3-6H2/t12-/m0/s1. The second-order valence-electron chi connectivity index (χ2n) is 4.16. The van der Waals surface area contributed by atoms with Gasteiger partial charge in [-0.25, -0.2) is 13.2 Å². The maximum Gasteiger partial charge on any atom is 0.132 e. The summed E-state index contributed by atoms with van der Waals surface area (Å²) in [5.41, 5.74) is -0.0201. The second-order valence-corrected chi connectivity index (χ2v) is 4.16. The summed E-state index contributed by atoms with van der Waals surface area (Å²) < 4.78 is 40.1. The highest BCUT2D eigenvalue weighted by atomic mass is 19.1. The van der Waals surface area contributed by atoms with Gasteiger partial charge in [0.05, 0.1) is 0 Å². The first-order valence-corrected chi connectivity index (χ1v) is 5.48. The quantitative estimate of drug-likeness (QED) is 0.822. The molecule has 0 aromatic heterocycles. The molecule has 1 aromatic rings. The molecule has 0 unspecified atom stereocenters. The molecule has 1 saturated heterocycles. The van der Waals surface area contributed by atoms with E-state index in [-0.39, 0.29) is 11.5 Å². The van der Waals surface area contributed by atoms with Crippen LogP contribution in [0.15, 0.2) is 18.2 Å². The Morgan fingerprint density at radius 1 is 1.19 bits per heavy atom. The molecular formula is C12H14F3N. The van der Waals surface area contributed by atoms with E-state index < -0.39 is 17.8 Å². The van der Waals surface area contributed by atoms with Crippen LogP contribution >= 0.6 is 0 Å². The van der Waals surface area contributed by atoms with Crippen LogP contribution in [0.4, 0.5) is 13.2 Å². The van der Waals surface area contributed by atoms with Gasteiger partial charge in [-0.1, -0.05) is 6.07 Å². The Kier molecular flexibility index (Phi) is 3.49. The van der Waals surface area contributed by atoms with Gasteiger partial charge in [0, 0.05) is 11.6 Å². The van der Waals surface area contributed by atoms with Crippen LogP contribution in [0.5, 0.6) is 0 Å². The maximum absolute atomic E-state index is 14.0. The van der Waals surface area contributed by atoms with E-state index in [1.54, 1.807) is 0 Å². The zero-order chi connectivity index (χ0) is 11.5. The Balaban J connectivity index is 2.15. The van der Waals surface area contributed by atoms with E-state index >= 15 is 0 Å². The molecule has 2 rings (SSSR count). The van der Waals surface area contributed by atoms with Crippen molar-refractivity contribution in [2.24, 2.45) is 5.92 Å². The number of alkyl halides is 1. The van der Waals surface area contributed by atoms with E-state index in [0.29, 0.717) is 12.8 Å². The third-order valence-corrected chi connectivity index (χ3v) is 3.06. The number of benzene rings is 1. The average Bonchev–Trinajstić information content (AvgIpc) is 2.29. The number of halogens is 3. The summed E-state index contributed by atoms with van der Waals surface area (Å²) in [7, 11) is 0. The Morgan fingerprint density at radius 2 is 1.88 bits per heavy atom. The molecule has 88 valence electrons. The fourth-order valence-electron chi connectivity index (χ4n) is 2.12. The van der Waals surface area contributed by atoms with E-state index in [2.05, 4.69) is 5.32 Å². The van der Waals surface area contributed by atoms with Gasteiger partial charge in [0.25, 0.3) is 0 Å². The first kappa shape index (κ1) is 11.5. The minimum atomic E-state index is -1.33. The molecule has 1 aromatic carbocycles. The van der Waals surface area contributed by atoms with Gasteiger partial charge in [-0.05, 0) is 37.9 Å². The largest absolute Gasteiger partial charge is 0.317 e. The monoisotopic (exact) mass is 229 g/mol. The van der Waals surface area contributed by atoms with Crippen molar-refractivity contribution in [1.82, 2.24) is 5.32 Å². The van der Waals surface area contributed by atoms with Crippen molar-refractivity contribution in [1.29, 1.82) is 0 Å². The molecule has 0 saturated carbocycles. The Bertz CT molecular complexity index is 361. The fourth-order valence-corrected chi connectivity index (χ4v) is 2.12. The topological polar surface area (TPSA) is 12.0 Å². The predicted octanol–water partition coefficient (Wildman–Crippen LogP) is 2.98. The van der Waals surface area contributed by atoms with Crippen LogP contribution in [0, 0.1) is 17.6 Å². The maximum atomic E-state index is 14.0. The van der Waals surface area contributed by atoms with Gasteiger partial charge in [0.15, 0.2) is 0 Å². The van der Waals surface area contributed by atoms with E-state index in [1.165, 1.54) is 6.07 Å². The summed E-state index contributed by atoms with van der Waals surface area (Å²) >= 11 is 0. The SMILES string of the molecule is Fc1ccc([C@@H](F)C2CCNCC2)c(F)c1. The Labute approximate surface area is 92.7 Å².